The predicted octanol–water partition coefficient (Wildman–Crippen LogP) is 2.99. The van der Waals surface area contributed by atoms with Crippen LogP contribution in [0, 0.1) is 0 Å². The second kappa shape index (κ2) is 6.79. The summed E-state index contributed by atoms with van der Waals surface area (Å²) in [5, 5.41) is 10.3. The Balaban J connectivity index is 1.97. The van der Waals surface area contributed by atoms with Crippen molar-refractivity contribution in [3.63, 3.8) is 0 Å². The molecule has 0 bridgehead atoms. The van der Waals surface area contributed by atoms with E-state index < -0.39 is 5.97 Å². The summed E-state index contributed by atoms with van der Waals surface area (Å²) in [6.07, 6.45) is 6.69. The van der Waals surface area contributed by atoms with Crippen LogP contribution in [0.1, 0.15) is 29.3 Å². The number of phenolic OH excluding ortho intramolecular Hbond substituents is 1. The molecule has 6 heteroatoms. The van der Waals surface area contributed by atoms with E-state index in [9.17, 15) is 14.7 Å². The van der Waals surface area contributed by atoms with Crippen molar-refractivity contribution in [1.82, 2.24) is 0 Å². The molecule has 0 aromatic heterocycles. The molecule has 5 nitrogen and oxygen atoms in total. The fourth-order valence-electron chi connectivity index (χ4n) is 2.71. The molecular weight excluding hydrogens is 332 g/mol. The largest absolute Gasteiger partial charge is 0.507 e. The van der Waals surface area contributed by atoms with Crippen molar-refractivity contribution >= 4 is 23.4 Å². The Morgan fingerprint density at radius 3 is 2.83 bits per heavy atom. The van der Waals surface area contributed by atoms with Gasteiger partial charge in [0.2, 0.25) is 0 Å². The van der Waals surface area contributed by atoms with Crippen molar-refractivity contribution in [3.05, 3.63) is 52.6 Å². The smallest absolute Gasteiger partial charge is 0.342 e. The van der Waals surface area contributed by atoms with Gasteiger partial charge in [-0.05, 0) is 30.7 Å². The third-order valence-electron chi connectivity index (χ3n) is 3.98. The molecule has 3 unspecified atom stereocenters. The molecule has 1 aromatic rings. The number of benzene rings is 1. The Labute approximate surface area is 144 Å². The molecule has 1 fully saturated rings. The fraction of sp³-hybridized carbons (Fsp3) is 0.333. The van der Waals surface area contributed by atoms with Crippen molar-refractivity contribution in [2.45, 2.75) is 38.1 Å². The molecule has 0 amide bonds. The predicted molar refractivity (Wildman–Crippen MR) is 88.3 cm³/mol. The first-order valence-corrected chi connectivity index (χ1v) is 8.08. The molecule has 126 valence electrons. The number of fused-ring (bicyclic) bond motifs is 2. The standard InChI is InChI=1S/C18H17ClO5/c1-10-8-16-15(24-16)5-3-2-4-11(20)9-12-13(19)6-7-14(21)17(12)18(22)23-10/h2-7,10,15-16,21H,8-9H2,1H3/b4-2+,5-3-. The van der Waals surface area contributed by atoms with E-state index in [1.807, 2.05) is 6.08 Å². The highest BCUT2D eigenvalue weighted by molar-refractivity contribution is 6.32. The SMILES string of the molecule is CC1CC2OC2/C=C\C=C\C(=O)Cc2c(Cl)ccc(O)c2C(=O)O1. The molecule has 0 spiro atoms. The number of halogens is 1. The maximum absolute atomic E-state index is 12.5. The number of hydrogen-bond donors (Lipinski definition) is 1. The van der Waals surface area contributed by atoms with Gasteiger partial charge in [-0.1, -0.05) is 29.8 Å². The molecular formula is C18H17ClO5. The number of rotatable bonds is 0. The molecule has 0 saturated carbocycles. The van der Waals surface area contributed by atoms with Crippen LogP contribution in [0.5, 0.6) is 5.75 Å². The van der Waals surface area contributed by atoms with Gasteiger partial charge in [0.15, 0.2) is 5.78 Å². The number of hydrogen-bond acceptors (Lipinski definition) is 5. The maximum Gasteiger partial charge on any atom is 0.342 e. The van der Waals surface area contributed by atoms with Crippen LogP contribution in [0.2, 0.25) is 5.02 Å². The summed E-state index contributed by atoms with van der Waals surface area (Å²) in [6.45, 7) is 1.76. The van der Waals surface area contributed by atoms with Gasteiger partial charge in [-0.25, -0.2) is 4.79 Å². The van der Waals surface area contributed by atoms with Crippen LogP contribution in [-0.2, 0) is 20.7 Å². The van der Waals surface area contributed by atoms with E-state index in [-0.39, 0.29) is 52.4 Å². The molecule has 2 heterocycles. The Morgan fingerprint density at radius 1 is 1.25 bits per heavy atom. The highest BCUT2D eigenvalue weighted by atomic mass is 35.5. The van der Waals surface area contributed by atoms with Gasteiger partial charge in [-0.3, -0.25) is 4.79 Å². The number of aromatic hydroxyl groups is 1. The van der Waals surface area contributed by atoms with Crippen LogP contribution >= 0.6 is 11.6 Å². The van der Waals surface area contributed by atoms with E-state index in [0.29, 0.717) is 6.42 Å². The molecule has 1 aromatic carbocycles. The van der Waals surface area contributed by atoms with Gasteiger partial charge >= 0.3 is 5.97 Å². The molecule has 1 saturated heterocycles. The Bertz CT molecular complexity index is 737. The Hall–Kier alpha value is -2.11. The van der Waals surface area contributed by atoms with E-state index in [1.54, 1.807) is 19.1 Å². The summed E-state index contributed by atoms with van der Waals surface area (Å²) in [5.41, 5.74) is 0.210. The lowest BCUT2D eigenvalue weighted by Crippen LogP contribution is -2.19. The zero-order chi connectivity index (χ0) is 17.3. The average Bonchev–Trinajstić information content (AvgIpc) is 3.24. The third kappa shape index (κ3) is 3.68. The van der Waals surface area contributed by atoms with Gasteiger partial charge in [0.25, 0.3) is 0 Å². The first-order chi connectivity index (χ1) is 11.5. The van der Waals surface area contributed by atoms with Crippen LogP contribution in [-0.4, -0.2) is 35.2 Å². The number of cyclic esters (lactones) is 1. The first kappa shape index (κ1) is 16.7. The fourth-order valence-corrected chi connectivity index (χ4v) is 2.94. The molecule has 2 aliphatic heterocycles. The number of phenols is 1. The lowest BCUT2D eigenvalue weighted by Gasteiger charge is -2.16. The minimum absolute atomic E-state index is 0.0106. The Morgan fingerprint density at radius 2 is 2.04 bits per heavy atom. The number of ether oxygens (including phenoxy) is 2. The monoisotopic (exact) mass is 348 g/mol. The van der Waals surface area contributed by atoms with Gasteiger partial charge in [0.05, 0.1) is 6.10 Å². The zero-order valence-electron chi connectivity index (χ0n) is 13.1. The third-order valence-corrected chi connectivity index (χ3v) is 4.33. The average molecular weight is 349 g/mol. The molecule has 0 radical (unpaired) electrons. The topological polar surface area (TPSA) is 76.1 Å². The van der Waals surface area contributed by atoms with Crippen molar-refractivity contribution in [2.24, 2.45) is 0 Å². The van der Waals surface area contributed by atoms with Gasteiger partial charge < -0.3 is 14.6 Å². The quantitative estimate of drug-likeness (QED) is 0.576. The summed E-state index contributed by atoms with van der Waals surface area (Å²) in [6, 6.07) is 2.77. The van der Waals surface area contributed by atoms with Gasteiger partial charge in [0.1, 0.15) is 23.5 Å². The normalized spacial score (nSPS) is 29.7. The summed E-state index contributed by atoms with van der Waals surface area (Å²) >= 11 is 6.13. The van der Waals surface area contributed by atoms with Crippen molar-refractivity contribution in [1.29, 1.82) is 0 Å². The van der Waals surface area contributed by atoms with E-state index in [0.717, 1.165) is 0 Å². The zero-order valence-corrected chi connectivity index (χ0v) is 13.8. The number of carbonyl (C=O) groups is 2. The molecule has 24 heavy (non-hydrogen) atoms. The second-order valence-corrected chi connectivity index (χ2v) is 6.31. The van der Waals surface area contributed by atoms with E-state index in [2.05, 4.69) is 0 Å². The number of allylic oxidation sites excluding steroid dienone is 3. The van der Waals surface area contributed by atoms with Gasteiger partial charge in [0, 0.05) is 17.9 Å². The molecule has 3 rings (SSSR count). The molecule has 0 aliphatic carbocycles. The van der Waals surface area contributed by atoms with E-state index in [4.69, 9.17) is 21.1 Å². The van der Waals surface area contributed by atoms with Gasteiger partial charge in [-0.2, -0.15) is 0 Å². The van der Waals surface area contributed by atoms with Crippen LogP contribution in [0.15, 0.2) is 36.4 Å². The summed E-state index contributed by atoms with van der Waals surface area (Å²) in [5.74, 6) is -1.19. The lowest BCUT2D eigenvalue weighted by molar-refractivity contribution is -0.114. The van der Waals surface area contributed by atoms with Crippen LogP contribution in [0.25, 0.3) is 0 Å². The highest BCUT2D eigenvalue weighted by Gasteiger charge is 2.38. The summed E-state index contributed by atoms with van der Waals surface area (Å²) in [7, 11) is 0. The van der Waals surface area contributed by atoms with Crippen molar-refractivity contribution in [3.8, 4) is 5.75 Å². The lowest BCUT2D eigenvalue weighted by atomic mass is 10.0. The van der Waals surface area contributed by atoms with Crippen LogP contribution in [0.3, 0.4) is 0 Å². The minimum atomic E-state index is -0.695. The molecule has 2 aliphatic rings. The summed E-state index contributed by atoms with van der Waals surface area (Å²) in [4.78, 5) is 24.6. The van der Waals surface area contributed by atoms with Gasteiger partial charge in [-0.15, -0.1) is 0 Å². The number of esters is 1. The van der Waals surface area contributed by atoms with E-state index >= 15 is 0 Å². The maximum atomic E-state index is 12.5. The number of ketones is 1. The molecule has 3 atom stereocenters. The molecule has 1 N–H and O–H groups in total. The number of carbonyl (C=O) groups excluding carboxylic acids is 2. The van der Waals surface area contributed by atoms with Crippen molar-refractivity contribution < 1.29 is 24.2 Å². The van der Waals surface area contributed by atoms with E-state index in [1.165, 1.54) is 18.2 Å². The summed E-state index contributed by atoms with van der Waals surface area (Å²) < 4.78 is 10.9. The van der Waals surface area contributed by atoms with Crippen LogP contribution in [0.4, 0.5) is 0 Å². The van der Waals surface area contributed by atoms with Crippen LogP contribution < -0.4 is 0 Å². The Kier molecular flexibility index (Phi) is 4.73. The highest BCUT2D eigenvalue weighted by Crippen LogP contribution is 2.32. The van der Waals surface area contributed by atoms with Crippen molar-refractivity contribution in [2.75, 3.05) is 0 Å². The first-order valence-electron chi connectivity index (χ1n) is 7.70. The number of epoxide rings is 1. The minimum Gasteiger partial charge on any atom is -0.507 e. The second-order valence-electron chi connectivity index (χ2n) is 5.90.